The molecule has 1 aromatic rings. The van der Waals surface area contributed by atoms with Gasteiger partial charge in [0.25, 0.3) is 10.2 Å². The molecule has 6 heteroatoms. The van der Waals surface area contributed by atoms with Crippen molar-refractivity contribution in [3.8, 4) is 0 Å². The number of nitrogens with one attached hydrogen (secondary N) is 1. The SMILES string of the molecule is CC1CCCN(S(=O)(=O)NC(C)c2ccc(CN)cc2)C1. The number of rotatable bonds is 5. The summed E-state index contributed by atoms with van der Waals surface area (Å²) in [6.07, 6.45) is 2.03. The molecule has 1 saturated heterocycles. The van der Waals surface area contributed by atoms with Gasteiger partial charge in [-0.1, -0.05) is 31.2 Å². The molecular weight excluding hydrogens is 286 g/mol. The van der Waals surface area contributed by atoms with Crippen LogP contribution in [0.4, 0.5) is 0 Å². The zero-order chi connectivity index (χ0) is 15.5. The third-order valence-electron chi connectivity index (χ3n) is 4.00. The van der Waals surface area contributed by atoms with Gasteiger partial charge in [0.15, 0.2) is 0 Å². The minimum Gasteiger partial charge on any atom is -0.326 e. The standard InChI is InChI=1S/C15H25N3O2S/c1-12-4-3-9-18(11-12)21(19,20)17-13(2)15-7-5-14(10-16)6-8-15/h5-8,12-13,17H,3-4,9-11,16H2,1-2H3. The molecule has 1 fully saturated rings. The van der Waals surface area contributed by atoms with Crippen molar-refractivity contribution in [2.75, 3.05) is 13.1 Å². The van der Waals surface area contributed by atoms with E-state index in [1.165, 1.54) is 0 Å². The van der Waals surface area contributed by atoms with Gasteiger partial charge in [-0.25, -0.2) is 0 Å². The lowest BCUT2D eigenvalue weighted by Crippen LogP contribution is -2.46. The Bertz CT molecular complexity index is 557. The highest BCUT2D eigenvalue weighted by Gasteiger charge is 2.28. The number of hydrogen-bond acceptors (Lipinski definition) is 3. The molecule has 21 heavy (non-hydrogen) atoms. The molecule has 0 amide bonds. The molecule has 1 heterocycles. The molecule has 0 aliphatic carbocycles. The van der Waals surface area contributed by atoms with Crippen LogP contribution in [0.2, 0.25) is 0 Å². The predicted molar refractivity (Wildman–Crippen MR) is 84.8 cm³/mol. The summed E-state index contributed by atoms with van der Waals surface area (Å²) in [6.45, 7) is 5.66. The van der Waals surface area contributed by atoms with Crippen LogP contribution in [-0.4, -0.2) is 25.8 Å². The minimum absolute atomic E-state index is 0.251. The van der Waals surface area contributed by atoms with E-state index in [4.69, 9.17) is 5.73 Å². The van der Waals surface area contributed by atoms with E-state index < -0.39 is 10.2 Å². The van der Waals surface area contributed by atoms with Crippen LogP contribution in [0.5, 0.6) is 0 Å². The summed E-state index contributed by atoms with van der Waals surface area (Å²) in [7, 11) is -3.42. The Hall–Kier alpha value is -0.950. The summed E-state index contributed by atoms with van der Waals surface area (Å²) >= 11 is 0. The third kappa shape index (κ3) is 4.26. The molecule has 0 bridgehead atoms. The summed E-state index contributed by atoms with van der Waals surface area (Å²) in [5.41, 5.74) is 7.56. The van der Waals surface area contributed by atoms with Crippen LogP contribution in [0, 0.1) is 5.92 Å². The highest BCUT2D eigenvalue weighted by molar-refractivity contribution is 7.87. The minimum atomic E-state index is -3.42. The second-order valence-electron chi connectivity index (χ2n) is 5.90. The van der Waals surface area contributed by atoms with Gasteiger partial charge in [0, 0.05) is 25.7 Å². The Labute approximate surface area is 127 Å². The van der Waals surface area contributed by atoms with Crippen LogP contribution in [0.15, 0.2) is 24.3 Å². The van der Waals surface area contributed by atoms with Crippen LogP contribution in [0.25, 0.3) is 0 Å². The molecule has 0 radical (unpaired) electrons. The molecule has 1 aromatic carbocycles. The van der Waals surface area contributed by atoms with E-state index >= 15 is 0 Å². The van der Waals surface area contributed by atoms with Crippen molar-refractivity contribution in [1.29, 1.82) is 0 Å². The van der Waals surface area contributed by atoms with Crippen molar-refractivity contribution in [3.05, 3.63) is 35.4 Å². The molecule has 0 spiro atoms. The van der Waals surface area contributed by atoms with Crippen molar-refractivity contribution in [1.82, 2.24) is 9.03 Å². The summed E-state index contributed by atoms with van der Waals surface area (Å²) in [5, 5.41) is 0. The number of benzene rings is 1. The maximum absolute atomic E-state index is 12.4. The van der Waals surface area contributed by atoms with E-state index in [0.717, 1.165) is 24.0 Å². The molecule has 0 saturated carbocycles. The fourth-order valence-corrected chi connectivity index (χ4v) is 4.23. The van der Waals surface area contributed by atoms with Gasteiger partial charge in [-0.3, -0.25) is 0 Å². The predicted octanol–water partition coefficient (Wildman–Crippen LogP) is 1.77. The molecule has 3 N–H and O–H groups in total. The van der Waals surface area contributed by atoms with Crippen LogP contribution in [0.3, 0.4) is 0 Å². The lowest BCUT2D eigenvalue weighted by atomic mass is 10.0. The van der Waals surface area contributed by atoms with Crippen molar-refractivity contribution in [3.63, 3.8) is 0 Å². The van der Waals surface area contributed by atoms with Gasteiger partial charge >= 0.3 is 0 Å². The summed E-state index contributed by atoms with van der Waals surface area (Å²) < 4.78 is 29.2. The fourth-order valence-electron chi connectivity index (χ4n) is 2.67. The normalized spacial score (nSPS) is 22.1. The molecule has 2 unspecified atom stereocenters. The van der Waals surface area contributed by atoms with Crippen molar-refractivity contribution in [2.24, 2.45) is 11.7 Å². The van der Waals surface area contributed by atoms with E-state index in [1.54, 1.807) is 4.31 Å². The quantitative estimate of drug-likeness (QED) is 0.870. The monoisotopic (exact) mass is 311 g/mol. The van der Waals surface area contributed by atoms with Gasteiger partial charge in [-0.05, 0) is 36.8 Å². The summed E-state index contributed by atoms with van der Waals surface area (Å²) in [5.74, 6) is 0.425. The van der Waals surface area contributed by atoms with Crippen molar-refractivity contribution < 1.29 is 8.42 Å². The van der Waals surface area contributed by atoms with Gasteiger partial charge in [0.1, 0.15) is 0 Å². The molecule has 2 rings (SSSR count). The zero-order valence-corrected chi connectivity index (χ0v) is 13.6. The Morgan fingerprint density at radius 2 is 2.05 bits per heavy atom. The van der Waals surface area contributed by atoms with Crippen LogP contribution < -0.4 is 10.5 Å². The topological polar surface area (TPSA) is 75.4 Å². The highest BCUT2D eigenvalue weighted by atomic mass is 32.2. The highest BCUT2D eigenvalue weighted by Crippen LogP contribution is 2.20. The van der Waals surface area contributed by atoms with Gasteiger partial charge < -0.3 is 5.73 Å². The average molecular weight is 311 g/mol. The second kappa shape index (κ2) is 6.87. The first-order valence-electron chi connectivity index (χ1n) is 7.48. The molecule has 1 aliphatic rings. The third-order valence-corrected chi connectivity index (χ3v) is 5.66. The molecule has 118 valence electrons. The number of piperidine rings is 1. The second-order valence-corrected chi connectivity index (χ2v) is 7.60. The summed E-state index contributed by atoms with van der Waals surface area (Å²) in [4.78, 5) is 0. The van der Waals surface area contributed by atoms with Gasteiger partial charge in [-0.15, -0.1) is 0 Å². The average Bonchev–Trinajstić information content (AvgIpc) is 2.47. The smallest absolute Gasteiger partial charge is 0.280 e. The molecule has 1 aliphatic heterocycles. The molecular formula is C15H25N3O2S. The number of nitrogens with two attached hydrogens (primary N) is 1. The summed E-state index contributed by atoms with van der Waals surface area (Å²) in [6, 6.07) is 7.47. The maximum atomic E-state index is 12.4. The first-order valence-corrected chi connectivity index (χ1v) is 8.92. The van der Waals surface area contributed by atoms with Crippen LogP contribution in [-0.2, 0) is 16.8 Å². The zero-order valence-electron chi connectivity index (χ0n) is 12.7. The fraction of sp³-hybridized carbons (Fsp3) is 0.600. The van der Waals surface area contributed by atoms with E-state index in [-0.39, 0.29) is 6.04 Å². The first-order chi connectivity index (χ1) is 9.92. The number of hydrogen-bond donors (Lipinski definition) is 2. The Balaban J connectivity index is 2.04. The lowest BCUT2D eigenvalue weighted by Gasteiger charge is -2.31. The van der Waals surface area contributed by atoms with Crippen LogP contribution in [0.1, 0.15) is 43.9 Å². The van der Waals surface area contributed by atoms with Gasteiger partial charge in [-0.2, -0.15) is 17.4 Å². The van der Waals surface area contributed by atoms with Gasteiger partial charge in [0.2, 0.25) is 0 Å². The van der Waals surface area contributed by atoms with Gasteiger partial charge in [0.05, 0.1) is 0 Å². The van der Waals surface area contributed by atoms with E-state index in [1.807, 2.05) is 31.2 Å². The number of nitrogens with zero attached hydrogens (tertiary/aromatic N) is 1. The van der Waals surface area contributed by atoms with E-state index in [0.29, 0.717) is 25.6 Å². The maximum Gasteiger partial charge on any atom is 0.280 e. The van der Waals surface area contributed by atoms with E-state index in [2.05, 4.69) is 11.6 Å². The Morgan fingerprint density at radius 1 is 1.38 bits per heavy atom. The molecule has 2 atom stereocenters. The Kier molecular flexibility index (Phi) is 5.37. The van der Waals surface area contributed by atoms with E-state index in [9.17, 15) is 8.42 Å². The molecule has 5 nitrogen and oxygen atoms in total. The van der Waals surface area contributed by atoms with Crippen LogP contribution >= 0.6 is 0 Å². The van der Waals surface area contributed by atoms with Crippen molar-refractivity contribution in [2.45, 2.75) is 39.3 Å². The molecule has 0 aromatic heterocycles. The Morgan fingerprint density at radius 3 is 2.62 bits per heavy atom. The van der Waals surface area contributed by atoms with Crippen molar-refractivity contribution >= 4 is 10.2 Å². The lowest BCUT2D eigenvalue weighted by molar-refractivity contribution is 0.277. The first kappa shape index (κ1) is 16.4. The largest absolute Gasteiger partial charge is 0.326 e.